The van der Waals surface area contributed by atoms with E-state index in [0.29, 0.717) is 35.6 Å². The van der Waals surface area contributed by atoms with Crippen LogP contribution in [0.5, 0.6) is 11.5 Å². The minimum Gasteiger partial charge on any atom is -0.477 e. The fourth-order valence-corrected chi connectivity index (χ4v) is 6.15. The lowest BCUT2D eigenvalue weighted by Crippen LogP contribution is -2.65. The zero-order valence-electron chi connectivity index (χ0n) is 15.1. The lowest BCUT2D eigenvalue weighted by molar-refractivity contribution is -0.138. The smallest absolute Gasteiger partial charge is 0.321 e. The molecule has 1 saturated carbocycles. The molecule has 2 heterocycles. The van der Waals surface area contributed by atoms with E-state index in [-0.39, 0.29) is 17.2 Å². The molecule has 0 aromatic heterocycles. The predicted octanol–water partition coefficient (Wildman–Crippen LogP) is 2.19. The Bertz CT molecular complexity index is 809. The summed E-state index contributed by atoms with van der Waals surface area (Å²) in [5.74, 6) is 1.81. The molecule has 2 fully saturated rings. The molecule has 5 nitrogen and oxygen atoms in total. The number of carbonyl (C=O) groups is 2. The average molecular weight is 373 g/mol. The van der Waals surface area contributed by atoms with Gasteiger partial charge < -0.3 is 14.4 Å². The van der Waals surface area contributed by atoms with Gasteiger partial charge >= 0.3 is 5.97 Å². The van der Waals surface area contributed by atoms with Crippen LogP contribution in [0.25, 0.3) is 0 Å². The van der Waals surface area contributed by atoms with Crippen molar-refractivity contribution in [3.63, 3.8) is 0 Å². The number of piperidine rings is 1. The van der Waals surface area contributed by atoms with E-state index in [2.05, 4.69) is 18.0 Å². The van der Waals surface area contributed by atoms with Crippen LogP contribution in [0.2, 0.25) is 0 Å². The largest absolute Gasteiger partial charge is 0.477 e. The topological polar surface area (TPSA) is 55.8 Å². The fourth-order valence-electron chi connectivity index (χ4n) is 5.86. The Balaban J connectivity index is 1.66. The molecule has 1 unspecified atom stereocenters. The van der Waals surface area contributed by atoms with Gasteiger partial charge in [0, 0.05) is 23.4 Å². The molecular formula is C20H23NO4S. The second-order valence-corrected chi connectivity index (χ2v) is 8.85. The van der Waals surface area contributed by atoms with Crippen LogP contribution in [-0.2, 0) is 21.4 Å². The van der Waals surface area contributed by atoms with Gasteiger partial charge in [-0.25, -0.2) is 0 Å². The second-order valence-electron chi connectivity index (χ2n) is 7.99. The molecule has 1 aromatic rings. The number of ether oxygens (including phenoxy) is 2. The maximum absolute atomic E-state index is 12.8. The highest BCUT2D eigenvalue weighted by Gasteiger charge is 2.65. The summed E-state index contributed by atoms with van der Waals surface area (Å²) in [4.78, 5) is 27.3. The van der Waals surface area contributed by atoms with Crippen molar-refractivity contribution in [3.05, 3.63) is 23.3 Å². The summed E-state index contributed by atoms with van der Waals surface area (Å²) in [7, 11) is 2.20. The molecule has 2 aliphatic heterocycles. The normalized spacial score (nSPS) is 34.2. The summed E-state index contributed by atoms with van der Waals surface area (Å²) in [6.45, 7) is 0.976. The lowest BCUT2D eigenvalue weighted by Gasteiger charge is -2.57. The highest BCUT2D eigenvalue weighted by molar-refractivity contribution is 7.99. The van der Waals surface area contributed by atoms with Gasteiger partial charge in [-0.1, -0.05) is 6.07 Å². The number of nitrogens with zero attached hydrogens (tertiary/aromatic N) is 1. The molecule has 5 rings (SSSR count). The Morgan fingerprint density at radius 1 is 1.46 bits per heavy atom. The van der Waals surface area contributed by atoms with Crippen molar-refractivity contribution in [2.24, 2.45) is 5.92 Å². The van der Waals surface area contributed by atoms with E-state index in [9.17, 15) is 9.59 Å². The van der Waals surface area contributed by atoms with E-state index in [1.807, 2.05) is 12.3 Å². The first-order chi connectivity index (χ1) is 12.6. The molecule has 0 amide bonds. The van der Waals surface area contributed by atoms with Gasteiger partial charge in [0.05, 0.1) is 5.75 Å². The Morgan fingerprint density at radius 2 is 2.31 bits per heavy atom. The Hall–Kier alpha value is -1.53. The van der Waals surface area contributed by atoms with Crippen molar-refractivity contribution in [1.82, 2.24) is 4.90 Å². The number of ketones is 1. The molecule has 0 N–H and O–H groups in total. The molecule has 1 saturated heterocycles. The maximum atomic E-state index is 12.8. The maximum Gasteiger partial charge on any atom is 0.321 e. The van der Waals surface area contributed by atoms with Crippen LogP contribution >= 0.6 is 11.8 Å². The summed E-state index contributed by atoms with van der Waals surface area (Å²) in [6.07, 6.45) is 4.90. The van der Waals surface area contributed by atoms with Crippen LogP contribution in [0.3, 0.4) is 0 Å². The van der Waals surface area contributed by atoms with Crippen LogP contribution in [0.1, 0.15) is 30.4 Å². The standard InChI is InChI=1S/C20H23NO4S/c1-21-8-7-20-12-4-5-14(22)19(20)25-18-15(24-16(23)10-26-2)6-3-11(17(18)20)9-13(12)21/h3,6,12-13,19H,4-5,7-10H2,1-2H3/t12?,13-,19+,20+/m1/s1. The minimum atomic E-state index is -0.410. The van der Waals surface area contributed by atoms with Crippen LogP contribution in [0, 0.1) is 5.92 Å². The Labute approximate surface area is 157 Å². The Morgan fingerprint density at radius 3 is 3.12 bits per heavy atom. The molecule has 2 bridgehead atoms. The highest BCUT2D eigenvalue weighted by Crippen LogP contribution is 2.63. The van der Waals surface area contributed by atoms with Crippen LogP contribution < -0.4 is 9.47 Å². The van der Waals surface area contributed by atoms with Crippen molar-refractivity contribution >= 4 is 23.5 Å². The molecule has 0 radical (unpaired) electrons. The minimum absolute atomic E-state index is 0.204. The SMILES string of the molecule is CSCC(=O)Oc1ccc2c3c1O[C@H]1C(=O)CCC4[C@@H](C2)N(C)CC[C@@]341. The summed E-state index contributed by atoms with van der Waals surface area (Å²) < 4.78 is 11.9. The number of likely N-dealkylation sites (tertiary alicyclic amines) is 1. The molecule has 4 aliphatic rings. The van der Waals surface area contributed by atoms with Crippen LogP contribution in [0.4, 0.5) is 0 Å². The van der Waals surface area contributed by atoms with E-state index in [1.54, 1.807) is 0 Å². The summed E-state index contributed by atoms with van der Waals surface area (Å²) in [5.41, 5.74) is 2.20. The second kappa shape index (κ2) is 5.73. The summed E-state index contributed by atoms with van der Waals surface area (Å²) in [5, 5.41) is 0. The van der Waals surface area contributed by atoms with Gasteiger partial charge in [-0.2, -0.15) is 11.8 Å². The molecule has 2 aliphatic carbocycles. The first kappa shape index (κ1) is 16.6. The molecule has 4 atom stereocenters. The van der Waals surface area contributed by atoms with Crippen molar-refractivity contribution < 1.29 is 19.1 Å². The number of rotatable bonds is 3. The summed E-state index contributed by atoms with van der Waals surface area (Å²) in [6, 6.07) is 4.39. The van der Waals surface area contributed by atoms with Gasteiger partial charge in [0.1, 0.15) is 0 Å². The first-order valence-electron chi connectivity index (χ1n) is 9.32. The fraction of sp³-hybridized carbons (Fsp3) is 0.600. The van der Waals surface area contributed by atoms with E-state index in [0.717, 1.165) is 25.8 Å². The Kier molecular flexibility index (Phi) is 3.67. The molecule has 6 heteroatoms. The van der Waals surface area contributed by atoms with Crippen molar-refractivity contribution in [2.45, 2.75) is 43.2 Å². The van der Waals surface area contributed by atoms with Gasteiger partial charge in [0.15, 0.2) is 23.4 Å². The lowest BCUT2D eigenvalue weighted by atomic mass is 9.52. The number of thioether (sulfide) groups is 1. The van der Waals surface area contributed by atoms with Crippen molar-refractivity contribution in [1.29, 1.82) is 0 Å². The number of hydrogen-bond acceptors (Lipinski definition) is 6. The number of hydrogen-bond donors (Lipinski definition) is 0. The molecule has 1 aromatic carbocycles. The van der Waals surface area contributed by atoms with E-state index >= 15 is 0 Å². The highest BCUT2D eigenvalue weighted by atomic mass is 32.2. The third-order valence-electron chi connectivity index (χ3n) is 6.86. The van der Waals surface area contributed by atoms with Crippen molar-refractivity contribution in [2.75, 3.05) is 25.6 Å². The molecular weight excluding hydrogens is 350 g/mol. The van der Waals surface area contributed by atoms with Gasteiger partial charge in [0.25, 0.3) is 0 Å². The van der Waals surface area contributed by atoms with Gasteiger partial charge in [-0.3, -0.25) is 9.59 Å². The quantitative estimate of drug-likeness (QED) is 0.598. The summed E-state index contributed by atoms with van der Waals surface area (Å²) >= 11 is 1.44. The predicted molar refractivity (Wildman–Crippen MR) is 99.0 cm³/mol. The van der Waals surface area contributed by atoms with Gasteiger partial charge in [-0.05, 0) is 56.7 Å². The number of carbonyl (C=O) groups excluding carboxylic acids is 2. The van der Waals surface area contributed by atoms with E-state index in [1.165, 1.54) is 22.9 Å². The van der Waals surface area contributed by atoms with E-state index < -0.39 is 6.10 Å². The van der Waals surface area contributed by atoms with Crippen LogP contribution in [-0.4, -0.2) is 54.4 Å². The zero-order chi connectivity index (χ0) is 18.1. The zero-order valence-corrected chi connectivity index (χ0v) is 15.9. The monoisotopic (exact) mass is 373 g/mol. The molecule has 1 spiro atoms. The third-order valence-corrected chi connectivity index (χ3v) is 7.38. The number of benzene rings is 1. The molecule has 138 valence electrons. The van der Waals surface area contributed by atoms with E-state index in [4.69, 9.17) is 9.47 Å². The number of Topliss-reactive ketones (excluding diaryl/α,β-unsaturated/α-hetero) is 1. The first-order valence-corrected chi connectivity index (χ1v) is 10.7. The number of likely N-dealkylation sites (N-methyl/N-ethyl adjacent to an activating group) is 1. The van der Waals surface area contributed by atoms with Crippen molar-refractivity contribution in [3.8, 4) is 11.5 Å². The third kappa shape index (κ3) is 2.03. The van der Waals surface area contributed by atoms with Gasteiger partial charge in [0.2, 0.25) is 0 Å². The van der Waals surface area contributed by atoms with Gasteiger partial charge in [-0.15, -0.1) is 0 Å². The molecule has 26 heavy (non-hydrogen) atoms. The van der Waals surface area contributed by atoms with Crippen LogP contribution in [0.15, 0.2) is 12.1 Å². The number of esters is 1. The average Bonchev–Trinajstić information content (AvgIpc) is 2.97.